The first-order valence-electron chi connectivity index (χ1n) is 9.53. The third-order valence-electron chi connectivity index (χ3n) is 5.07. The maximum atomic E-state index is 12.5. The third kappa shape index (κ3) is 5.20. The monoisotopic (exact) mass is 337 g/mol. The molecule has 1 aliphatic heterocycles. The molecule has 2 aliphatic rings. The molecule has 2 amide bonds. The largest absolute Gasteiger partial charge is 0.355 e. The lowest BCUT2D eigenvalue weighted by atomic mass is 9.91. The highest BCUT2D eigenvalue weighted by atomic mass is 16.2. The van der Waals surface area contributed by atoms with Crippen molar-refractivity contribution in [3.05, 3.63) is 0 Å². The zero-order valence-corrected chi connectivity index (χ0v) is 16.1. The number of hydrogen-bond donors (Lipinski definition) is 1. The molecule has 5 nitrogen and oxygen atoms in total. The molecule has 5 heteroatoms. The number of piperidine rings is 1. The number of carbonyl (C=O) groups is 2. The fourth-order valence-corrected chi connectivity index (χ4v) is 3.57. The number of carbonyl (C=O) groups excluding carboxylic acids is 2. The molecule has 1 saturated carbocycles. The molecule has 0 bridgehead atoms. The van der Waals surface area contributed by atoms with Crippen molar-refractivity contribution >= 4 is 11.8 Å². The normalized spacial score (nSPS) is 22.1. The molecule has 1 heterocycles. The number of hydrogen-bond acceptors (Lipinski definition) is 3. The van der Waals surface area contributed by atoms with Gasteiger partial charge >= 0.3 is 0 Å². The molecule has 0 aromatic heterocycles. The molecular formula is C19H35N3O2. The molecular weight excluding hydrogens is 302 g/mol. The van der Waals surface area contributed by atoms with Gasteiger partial charge in [-0.15, -0.1) is 0 Å². The Bertz CT molecular complexity index is 450. The van der Waals surface area contributed by atoms with Crippen LogP contribution in [0.25, 0.3) is 0 Å². The molecule has 1 atom stereocenters. The molecule has 0 radical (unpaired) electrons. The molecule has 1 unspecified atom stereocenters. The Hall–Kier alpha value is -1.10. The summed E-state index contributed by atoms with van der Waals surface area (Å²) in [6.07, 6.45) is 4.38. The number of nitrogens with zero attached hydrogens (tertiary/aromatic N) is 2. The third-order valence-corrected chi connectivity index (χ3v) is 5.07. The van der Waals surface area contributed by atoms with E-state index in [1.807, 2.05) is 25.7 Å². The predicted octanol–water partition coefficient (Wildman–Crippen LogP) is 2.26. The first-order chi connectivity index (χ1) is 11.2. The minimum absolute atomic E-state index is 0.0570. The quantitative estimate of drug-likeness (QED) is 0.809. The molecule has 0 spiro atoms. The van der Waals surface area contributed by atoms with Gasteiger partial charge in [0, 0.05) is 43.7 Å². The van der Waals surface area contributed by atoms with Crippen LogP contribution in [0.3, 0.4) is 0 Å². The van der Waals surface area contributed by atoms with Crippen molar-refractivity contribution in [1.82, 2.24) is 15.1 Å². The van der Waals surface area contributed by atoms with Crippen LogP contribution in [0.15, 0.2) is 0 Å². The number of rotatable bonds is 6. The van der Waals surface area contributed by atoms with Crippen molar-refractivity contribution in [3.63, 3.8) is 0 Å². The lowest BCUT2D eigenvalue weighted by Gasteiger charge is -2.36. The van der Waals surface area contributed by atoms with E-state index in [1.165, 1.54) is 12.8 Å². The van der Waals surface area contributed by atoms with E-state index in [9.17, 15) is 9.59 Å². The molecule has 1 saturated heterocycles. The van der Waals surface area contributed by atoms with Crippen molar-refractivity contribution in [3.8, 4) is 0 Å². The van der Waals surface area contributed by atoms with E-state index in [0.29, 0.717) is 19.1 Å². The lowest BCUT2D eigenvalue weighted by molar-refractivity contribution is -0.142. The van der Waals surface area contributed by atoms with Crippen LogP contribution >= 0.6 is 0 Å². The van der Waals surface area contributed by atoms with E-state index in [0.717, 1.165) is 32.0 Å². The zero-order chi connectivity index (χ0) is 17.9. The van der Waals surface area contributed by atoms with Crippen LogP contribution in [0.1, 0.15) is 60.3 Å². The Labute approximate surface area is 147 Å². The summed E-state index contributed by atoms with van der Waals surface area (Å²) >= 11 is 0. The van der Waals surface area contributed by atoms with E-state index in [-0.39, 0.29) is 23.1 Å². The van der Waals surface area contributed by atoms with Crippen molar-refractivity contribution in [2.24, 2.45) is 11.3 Å². The molecule has 0 aromatic rings. The first-order valence-corrected chi connectivity index (χ1v) is 9.53. The van der Waals surface area contributed by atoms with Crippen LogP contribution < -0.4 is 5.32 Å². The fourth-order valence-electron chi connectivity index (χ4n) is 3.57. The average molecular weight is 338 g/mol. The Morgan fingerprint density at radius 3 is 2.42 bits per heavy atom. The van der Waals surface area contributed by atoms with Gasteiger partial charge in [-0.25, -0.2) is 0 Å². The molecule has 1 N–H and O–H groups in total. The summed E-state index contributed by atoms with van der Waals surface area (Å²) in [5.41, 5.74) is -0.375. The van der Waals surface area contributed by atoms with Gasteiger partial charge in [-0.3, -0.25) is 14.5 Å². The van der Waals surface area contributed by atoms with Crippen LogP contribution in [0, 0.1) is 11.3 Å². The number of likely N-dealkylation sites (tertiary alicyclic amines) is 1. The van der Waals surface area contributed by atoms with Gasteiger partial charge < -0.3 is 10.2 Å². The second-order valence-electron chi connectivity index (χ2n) is 8.69. The van der Waals surface area contributed by atoms with Crippen LogP contribution in [0.5, 0.6) is 0 Å². The summed E-state index contributed by atoms with van der Waals surface area (Å²) in [7, 11) is 0. The van der Waals surface area contributed by atoms with Gasteiger partial charge in [-0.2, -0.15) is 0 Å². The fraction of sp³-hybridized carbons (Fsp3) is 0.895. The second kappa shape index (κ2) is 7.85. The van der Waals surface area contributed by atoms with Gasteiger partial charge in [-0.1, -0.05) is 20.8 Å². The van der Waals surface area contributed by atoms with Gasteiger partial charge in [0.05, 0.1) is 5.92 Å². The summed E-state index contributed by atoms with van der Waals surface area (Å²) in [6.45, 7) is 13.2. The Morgan fingerprint density at radius 1 is 1.21 bits per heavy atom. The van der Waals surface area contributed by atoms with E-state index >= 15 is 0 Å². The molecule has 0 aromatic carbocycles. The molecule has 2 rings (SSSR count). The Balaban J connectivity index is 1.78. The van der Waals surface area contributed by atoms with Crippen LogP contribution in [-0.2, 0) is 9.59 Å². The predicted molar refractivity (Wildman–Crippen MR) is 96.6 cm³/mol. The first kappa shape index (κ1) is 19.2. The maximum Gasteiger partial charge on any atom is 0.227 e. The summed E-state index contributed by atoms with van der Waals surface area (Å²) in [6, 6.07) is 1.25. The van der Waals surface area contributed by atoms with Gasteiger partial charge in [0.15, 0.2) is 0 Å². The topological polar surface area (TPSA) is 52.7 Å². The van der Waals surface area contributed by atoms with Crippen LogP contribution in [-0.4, -0.2) is 59.9 Å². The molecule has 2 fully saturated rings. The van der Waals surface area contributed by atoms with Crippen LogP contribution in [0.4, 0.5) is 0 Å². The average Bonchev–Trinajstić information content (AvgIpc) is 3.34. The summed E-state index contributed by atoms with van der Waals surface area (Å²) in [5, 5.41) is 3.10. The minimum atomic E-state index is -0.375. The van der Waals surface area contributed by atoms with Gasteiger partial charge in [0.25, 0.3) is 0 Å². The maximum absolute atomic E-state index is 12.5. The van der Waals surface area contributed by atoms with E-state index in [1.54, 1.807) is 0 Å². The van der Waals surface area contributed by atoms with Crippen molar-refractivity contribution < 1.29 is 9.59 Å². The second-order valence-corrected chi connectivity index (χ2v) is 8.69. The van der Waals surface area contributed by atoms with Crippen molar-refractivity contribution in [2.45, 2.75) is 72.4 Å². The highest BCUT2D eigenvalue weighted by molar-refractivity contribution is 5.83. The molecule has 24 heavy (non-hydrogen) atoms. The molecule has 1 aliphatic carbocycles. The SMILES string of the molecule is CC(C)N(CCNC(=O)C1CCCN(C(=O)C(C)(C)C)C1)C1CC1. The van der Waals surface area contributed by atoms with Gasteiger partial charge in [0.1, 0.15) is 0 Å². The number of amides is 2. The summed E-state index contributed by atoms with van der Waals surface area (Å²) in [5.74, 6) is 0.208. The van der Waals surface area contributed by atoms with Crippen molar-refractivity contribution in [1.29, 1.82) is 0 Å². The van der Waals surface area contributed by atoms with Crippen molar-refractivity contribution in [2.75, 3.05) is 26.2 Å². The standard InChI is InChI=1S/C19H35N3O2/c1-14(2)22(16-8-9-16)12-10-20-17(23)15-7-6-11-21(13-15)18(24)19(3,4)5/h14-16H,6-13H2,1-5H3,(H,20,23). The summed E-state index contributed by atoms with van der Waals surface area (Å²) in [4.78, 5) is 29.3. The highest BCUT2D eigenvalue weighted by Crippen LogP contribution is 2.28. The van der Waals surface area contributed by atoms with E-state index in [4.69, 9.17) is 0 Å². The minimum Gasteiger partial charge on any atom is -0.355 e. The summed E-state index contributed by atoms with van der Waals surface area (Å²) < 4.78 is 0. The Kier molecular flexibility index (Phi) is 6.29. The zero-order valence-electron chi connectivity index (χ0n) is 16.1. The van der Waals surface area contributed by atoms with Crippen LogP contribution in [0.2, 0.25) is 0 Å². The van der Waals surface area contributed by atoms with Gasteiger partial charge in [-0.05, 0) is 39.5 Å². The molecule has 138 valence electrons. The van der Waals surface area contributed by atoms with E-state index < -0.39 is 0 Å². The van der Waals surface area contributed by atoms with E-state index in [2.05, 4.69) is 24.1 Å². The number of nitrogens with one attached hydrogen (secondary N) is 1. The smallest absolute Gasteiger partial charge is 0.227 e. The highest BCUT2D eigenvalue weighted by Gasteiger charge is 2.34. The Morgan fingerprint density at radius 2 is 1.88 bits per heavy atom. The van der Waals surface area contributed by atoms with Gasteiger partial charge in [0.2, 0.25) is 11.8 Å². The lowest BCUT2D eigenvalue weighted by Crippen LogP contribution is -2.49.